The van der Waals surface area contributed by atoms with E-state index in [0.29, 0.717) is 0 Å². The maximum absolute atomic E-state index is 12.8. The number of carbonyl (C=O) groups is 1. The van der Waals surface area contributed by atoms with Crippen molar-refractivity contribution in [3.05, 3.63) is 29.8 Å². The van der Waals surface area contributed by atoms with Gasteiger partial charge in [0.15, 0.2) is 0 Å². The van der Waals surface area contributed by atoms with Crippen molar-refractivity contribution in [1.29, 1.82) is 0 Å². The molecule has 1 atom stereocenters. The van der Waals surface area contributed by atoms with Crippen LogP contribution in [0.4, 0.5) is 0 Å². The molecule has 0 fully saturated rings. The minimum Gasteiger partial charge on any atom is -0.465 e. The Bertz CT molecular complexity index is 617. The maximum atomic E-state index is 12.8. The van der Waals surface area contributed by atoms with Crippen LogP contribution in [0.5, 0.6) is 0 Å². The molecular weight excluding hydrogens is 290 g/mol. The van der Waals surface area contributed by atoms with Crippen LogP contribution in [0.25, 0.3) is 0 Å². The highest BCUT2D eigenvalue weighted by molar-refractivity contribution is 7.89. The summed E-state index contributed by atoms with van der Waals surface area (Å²) in [5.41, 5.74) is -0.171. The Hall–Kier alpha value is -1.40. The lowest BCUT2D eigenvalue weighted by atomic mass is 9.88. The Morgan fingerprint density at radius 1 is 1.24 bits per heavy atom. The van der Waals surface area contributed by atoms with Crippen molar-refractivity contribution in [3.63, 3.8) is 0 Å². The van der Waals surface area contributed by atoms with Crippen LogP contribution in [0.2, 0.25) is 0 Å². The molecule has 0 radical (unpaired) electrons. The first-order valence-corrected chi connectivity index (χ1v) is 8.13. The van der Waals surface area contributed by atoms with E-state index < -0.39 is 16.0 Å². The van der Waals surface area contributed by atoms with Gasteiger partial charge in [0.2, 0.25) is 10.0 Å². The van der Waals surface area contributed by atoms with Crippen LogP contribution >= 0.6 is 0 Å². The van der Waals surface area contributed by atoms with Crippen molar-refractivity contribution >= 4 is 16.0 Å². The second kappa shape index (κ2) is 6.15. The van der Waals surface area contributed by atoms with Crippen LogP contribution in [-0.2, 0) is 14.8 Å². The van der Waals surface area contributed by atoms with E-state index in [9.17, 15) is 13.2 Å². The zero-order valence-corrected chi connectivity index (χ0v) is 14.2. The summed E-state index contributed by atoms with van der Waals surface area (Å²) in [6, 6.07) is 5.85. The van der Waals surface area contributed by atoms with E-state index in [2.05, 4.69) is 4.74 Å². The standard InChI is InChI=1S/C15H23NO4S/c1-11(15(2,3)4)16(5)21(18,19)13-10-8-7-9-12(13)14(17)20-6/h7-11H,1-6H3. The molecule has 0 N–H and O–H groups in total. The summed E-state index contributed by atoms with van der Waals surface area (Å²) in [7, 11) is -1.02. The summed E-state index contributed by atoms with van der Waals surface area (Å²) >= 11 is 0. The molecule has 1 aromatic rings. The molecule has 0 aliphatic heterocycles. The summed E-state index contributed by atoms with van der Waals surface area (Å²) in [5.74, 6) is -0.661. The van der Waals surface area contributed by atoms with Crippen molar-refractivity contribution in [2.24, 2.45) is 5.41 Å². The van der Waals surface area contributed by atoms with Gasteiger partial charge in [0, 0.05) is 13.1 Å². The average Bonchev–Trinajstić information content (AvgIpc) is 2.43. The van der Waals surface area contributed by atoms with Crippen molar-refractivity contribution in [3.8, 4) is 0 Å². The fraction of sp³-hybridized carbons (Fsp3) is 0.533. The highest BCUT2D eigenvalue weighted by atomic mass is 32.2. The molecular formula is C15H23NO4S. The topological polar surface area (TPSA) is 63.7 Å². The minimum atomic E-state index is -3.77. The highest BCUT2D eigenvalue weighted by Crippen LogP contribution is 2.29. The molecule has 118 valence electrons. The first-order chi connectivity index (χ1) is 9.53. The van der Waals surface area contributed by atoms with Gasteiger partial charge in [-0.3, -0.25) is 0 Å². The predicted molar refractivity (Wildman–Crippen MR) is 81.6 cm³/mol. The first-order valence-electron chi connectivity index (χ1n) is 6.69. The van der Waals surface area contributed by atoms with E-state index >= 15 is 0 Å². The smallest absolute Gasteiger partial charge is 0.339 e. The molecule has 0 bridgehead atoms. The van der Waals surface area contributed by atoms with Gasteiger partial charge in [-0.25, -0.2) is 13.2 Å². The number of esters is 1. The number of rotatable bonds is 4. The highest BCUT2D eigenvalue weighted by Gasteiger charge is 2.34. The van der Waals surface area contributed by atoms with E-state index in [1.54, 1.807) is 12.1 Å². The largest absolute Gasteiger partial charge is 0.465 e. The molecule has 1 aromatic carbocycles. The average molecular weight is 313 g/mol. The van der Waals surface area contributed by atoms with Crippen LogP contribution in [0.1, 0.15) is 38.1 Å². The Balaban J connectivity index is 3.36. The van der Waals surface area contributed by atoms with Crippen molar-refractivity contribution in [2.45, 2.75) is 38.6 Å². The summed E-state index contributed by atoms with van der Waals surface area (Å²) in [6.45, 7) is 7.75. The number of methoxy groups -OCH3 is 1. The summed E-state index contributed by atoms with van der Waals surface area (Å²) in [5, 5.41) is 0. The van der Waals surface area contributed by atoms with Gasteiger partial charge in [-0.15, -0.1) is 0 Å². The van der Waals surface area contributed by atoms with E-state index in [1.165, 1.54) is 30.6 Å². The third kappa shape index (κ3) is 3.63. The Kier molecular flexibility index (Phi) is 5.17. The summed E-state index contributed by atoms with van der Waals surface area (Å²) in [4.78, 5) is 11.7. The third-order valence-corrected chi connectivity index (χ3v) is 5.73. The Labute approximate surface area is 127 Å². The molecule has 0 spiro atoms. The van der Waals surface area contributed by atoms with Gasteiger partial charge in [-0.2, -0.15) is 4.31 Å². The van der Waals surface area contributed by atoms with Gasteiger partial charge in [-0.05, 0) is 24.5 Å². The zero-order chi connectivity index (χ0) is 16.4. The fourth-order valence-electron chi connectivity index (χ4n) is 1.88. The Morgan fingerprint density at radius 3 is 2.24 bits per heavy atom. The molecule has 0 saturated carbocycles. The molecule has 0 aromatic heterocycles. The molecule has 1 rings (SSSR count). The third-order valence-electron chi connectivity index (χ3n) is 3.75. The van der Waals surface area contributed by atoms with Gasteiger partial charge in [0.05, 0.1) is 17.6 Å². The Morgan fingerprint density at radius 2 is 1.76 bits per heavy atom. The quantitative estimate of drug-likeness (QED) is 0.801. The van der Waals surface area contributed by atoms with Crippen LogP contribution in [0.15, 0.2) is 29.2 Å². The van der Waals surface area contributed by atoms with Crippen molar-refractivity contribution in [2.75, 3.05) is 14.2 Å². The monoisotopic (exact) mass is 313 g/mol. The molecule has 1 unspecified atom stereocenters. The SMILES string of the molecule is COC(=O)c1ccccc1S(=O)(=O)N(C)C(C)C(C)(C)C. The number of ether oxygens (including phenoxy) is 1. The van der Waals surface area contributed by atoms with Crippen LogP contribution < -0.4 is 0 Å². The lowest BCUT2D eigenvalue weighted by Crippen LogP contribution is -2.43. The van der Waals surface area contributed by atoms with Gasteiger partial charge < -0.3 is 4.74 Å². The van der Waals surface area contributed by atoms with Crippen LogP contribution in [0.3, 0.4) is 0 Å². The zero-order valence-electron chi connectivity index (χ0n) is 13.4. The molecule has 0 saturated heterocycles. The van der Waals surface area contributed by atoms with E-state index in [-0.39, 0.29) is 21.9 Å². The number of carbonyl (C=O) groups excluding carboxylic acids is 1. The molecule has 5 nitrogen and oxygen atoms in total. The van der Waals surface area contributed by atoms with Gasteiger partial charge in [0.1, 0.15) is 0 Å². The van der Waals surface area contributed by atoms with Gasteiger partial charge in [-0.1, -0.05) is 32.9 Å². The summed E-state index contributed by atoms with van der Waals surface area (Å²) < 4.78 is 31.5. The van der Waals surface area contributed by atoms with Crippen molar-refractivity contribution < 1.29 is 17.9 Å². The van der Waals surface area contributed by atoms with E-state index in [0.717, 1.165) is 0 Å². The predicted octanol–water partition coefficient (Wildman–Crippen LogP) is 2.53. The normalized spacial score (nSPS) is 14.0. The minimum absolute atomic E-state index is 0.0320. The molecule has 6 heteroatoms. The lowest BCUT2D eigenvalue weighted by Gasteiger charge is -2.34. The van der Waals surface area contributed by atoms with Gasteiger partial charge in [0.25, 0.3) is 0 Å². The lowest BCUT2D eigenvalue weighted by molar-refractivity contribution is 0.0596. The second-order valence-electron chi connectivity index (χ2n) is 6.05. The maximum Gasteiger partial charge on any atom is 0.339 e. The molecule has 0 aliphatic rings. The number of hydrogen-bond acceptors (Lipinski definition) is 4. The fourth-order valence-corrected chi connectivity index (χ4v) is 3.60. The number of nitrogens with zero attached hydrogens (tertiary/aromatic N) is 1. The van der Waals surface area contributed by atoms with Crippen LogP contribution in [-0.4, -0.2) is 38.9 Å². The van der Waals surface area contributed by atoms with Gasteiger partial charge >= 0.3 is 5.97 Å². The number of benzene rings is 1. The first kappa shape index (κ1) is 17.7. The molecule has 21 heavy (non-hydrogen) atoms. The summed E-state index contributed by atoms with van der Waals surface area (Å²) in [6.07, 6.45) is 0. The molecule has 0 aliphatic carbocycles. The van der Waals surface area contributed by atoms with Crippen molar-refractivity contribution in [1.82, 2.24) is 4.31 Å². The van der Waals surface area contributed by atoms with E-state index in [4.69, 9.17) is 0 Å². The number of sulfonamides is 1. The molecule has 0 heterocycles. The van der Waals surface area contributed by atoms with E-state index in [1.807, 2.05) is 27.7 Å². The molecule has 0 amide bonds. The second-order valence-corrected chi connectivity index (χ2v) is 8.02. The number of hydrogen-bond donors (Lipinski definition) is 0. The van der Waals surface area contributed by atoms with Crippen LogP contribution in [0, 0.1) is 5.41 Å².